The number of amides is 1. The number of piperazine rings is 1. The Morgan fingerprint density at radius 1 is 1.14 bits per heavy atom. The first-order valence-corrected chi connectivity index (χ1v) is 15.4. The molecule has 3 heterocycles. The molecule has 2 aromatic carbocycles. The number of carbonyl (C=O) groups excluding carboxylic acids is 1. The number of para-hydroxylation sites is 1. The highest BCUT2D eigenvalue weighted by Crippen LogP contribution is 2.35. The Balaban J connectivity index is 1.88. The number of carbonyl (C=O) groups is 1. The summed E-state index contributed by atoms with van der Waals surface area (Å²) in [5.41, 5.74) is 4.76. The van der Waals surface area contributed by atoms with E-state index in [-0.39, 0.29) is 70.3 Å². The van der Waals surface area contributed by atoms with Crippen LogP contribution >= 0.6 is 0 Å². The molecule has 43 heavy (non-hydrogen) atoms. The third kappa shape index (κ3) is 5.24. The topological polar surface area (TPSA) is 131 Å². The second-order valence-corrected chi connectivity index (χ2v) is 12.4. The molecule has 0 spiro atoms. The van der Waals surface area contributed by atoms with Crippen molar-refractivity contribution >= 4 is 38.3 Å². The van der Waals surface area contributed by atoms with E-state index in [9.17, 15) is 18.0 Å². The fraction of sp³-hybridized carbons (Fsp3) is 0.267. The molecule has 1 aliphatic rings. The summed E-state index contributed by atoms with van der Waals surface area (Å²) in [5.74, 6) is -1.89. The average Bonchev–Trinajstić information content (AvgIpc) is 2.96. The molecule has 1 fully saturated rings. The molecule has 0 saturated carbocycles. The highest BCUT2D eigenvalue weighted by molar-refractivity contribution is 7.90. The van der Waals surface area contributed by atoms with Crippen molar-refractivity contribution in [2.45, 2.75) is 31.2 Å². The van der Waals surface area contributed by atoms with Gasteiger partial charge in [0.15, 0.2) is 21.3 Å². The standard InChI is InChI=1S/C30H30F2N6O4S/c1-5-18-9-7-12-23(43(4,41)42)27(18)38-29-19(15-21(32)26(34-29)25-20(31)10-8-11-22(25)33)28(35-30(38)40)37-14-13-36(16-17(37)3)24(39)6-2/h6-12,15,17H,2,5,13-14,16,33H2,1,3-4H3/t17-/m0/s1. The summed E-state index contributed by atoms with van der Waals surface area (Å²) in [7, 11) is -3.87. The fourth-order valence-corrected chi connectivity index (χ4v) is 6.40. The van der Waals surface area contributed by atoms with Gasteiger partial charge in [0.2, 0.25) is 5.91 Å². The van der Waals surface area contributed by atoms with Crippen LogP contribution in [-0.2, 0) is 21.1 Å². The molecular formula is C30H30F2N6O4S. The van der Waals surface area contributed by atoms with Crippen LogP contribution in [0.2, 0.25) is 0 Å². The number of hydrogen-bond donors (Lipinski definition) is 1. The number of pyridine rings is 1. The molecule has 0 unspecified atom stereocenters. The zero-order chi connectivity index (χ0) is 31.2. The minimum atomic E-state index is -3.87. The maximum atomic E-state index is 15.9. The summed E-state index contributed by atoms with van der Waals surface area (Å²) in [5, 5.41) is 0.0939. The number of benzene rings is 2. The lowest BCUT2D eigenvalue weighted by atomic mass is 10.1. The molecule has 4 aromatic rings. The Hall–Kier alpha value is -4.65. The van der Waals surface area contributed by atoms with Crippen molar-refractivity contribution in [1.29, 1.82) is 0 Å². The van der Waals surface area contributed by atoms with E-state index >= 15 is 8.78 Å². The summed E-state index contributed by atoms with van der Waals surface area (Å²) in [6.45, 7) is 7.99. The lowest BCUT2D eigenvalue weighted by Gasteiger charge is -2.40. The number of rotatable bonds is 6. The monoisotopic (exact) mass is 608 g/mol. The van der Waals surface area contributed by atoms with Crippen LogP contribution in [0.1, 0.15) is 19.4 Å². The van der Waals surface area contributed by atoms with Gasteiger partial charge in [0, 0.05) is 37.6 Å². The molecule has 0 aliphatic carbocycles. The van der Waals surface area contributed by atoms with Crippen LogP contribution in [0.25, 0.3) is 28.0 Å². The molecule has 1 aliphatic heterocycles. The first kappa shape index (κ1) is 29.8. The van der Waals surface area contributed by atoms with E-state index in [0.717, 1.165) is 23.0 Å². The quantitative estimate of drug-likeness (QED) is 0.260. The zero-order valence-corrected chi connectivity index (χ0v) is 24.7. The van der Waals surface area contributed by atoms with Gasteiger partial charge in [-0.05, 0) is 49.2 Å². The molecule has 5 rings (SSSR count). The number of nitrogen functional groups attached to an aromatic ring is 1. The molecule has 10 nitrogen and oxygen atoms in total. The predicted molar refractivity (Wildman–Crippen MR) is 161 cm³/mol. The summed E-state index contributed by atoms with van der Waals surface area (Å²) >= 11 is 0. The second kappa shape index (κ2) is 11.2. The van der Waals surface area contributed by atoms with Gasteiger partial charge in [0.05, 0.1) is 21.5 Å². The van der Waals surface area contributed by atoms with Crippen LogP contribution in [0, 0.1) is 11.6 Å². The van der Waals surface area contributed by atoms with Crippen molar-refractivity contribution in [3.8, 4) is 16.9 Å². The van der Waals surface area contributed by atoms with Crippen LogP contribution in [-0.4, -0.2) is 65.7 Å². The minimum absolute atomic E-state index is 0.0301. The summed E-state index contributed by atoms with van der Waals surface area (Å²) in [6, 6.07) is 9.25. The van der Waals surface area contributed by atoms with Crippen LogP contribution in [0.5, 0.6) is 0 Å². The Labute approximate surface area is 247 Å². The average molecular weight is 609 g/mol. The zero-order valence-electron chi connectivity index (χ0n) is 23.8. The van der Waals surface area contributed by atoms with E-state index in [1.807, 2.05) is 6.92 Å². The van der Waals surface area contributed by atoms with E-state index in [4.69, 9.17) is 5.73 Å². The third-order valence-electron chi connectivity index (χ3n) is 7.56. The Kier molecular flexibility index (Phi) is 7.78. The van der Waals surface area contributed by atoms with Gasteiger partial charge < -0.3 is 15.5 Å². The molecule has 13 heteroatoms. The van der Waals surface area contributed by atoms with Crippen molar-refractivity contribution in [3.63, 3.8) is 0 Å². The molecule has 1 saturated heterocycles. The third-order valence-corrected chi connectivity index (χ3v) is 8.68. The van der Waals surface area contributed by atoms with Gasteiger partial charge in [0.25, 0.3) is 0 Å². The van der Waals surface area contributed by atoms with Crippen LogP contribution in [0.15, 0.2) is 64.8 Å². The Bertz CT molecular complexity index is 1940. The van der Waals surface area contributed by atoms with Gasteiger partial charge in [-0.2, -0.15) is 4.98 Å². The maximum absolute atomic E-state index is 15.9. The van der Waals surface area contributed by atoms with Crippen molar-refractivity contribution in [3.05, 3.63) is 82.8 Å². The normalized spacial score (nSPS) is 15.6. The summed E-state index contributed by atoms with van der Waals surface area (Å²) in [4.78, 5) is 38.2. The Morgan fingerprint density at radius 3 is 2.49 bits per heavy atom. The number of aromatic nitrogens is 3. The highest BCUT2D eigenvalue weighted by Gasteiger charge is 2.31. The van der Waals surface area contributed by atoms with E-state index in [2.05, 4.69) is 16.5 Å². The fourth-order valence-electron chi connectivity index (χ4n) is 5.50. The number of fused-ring (bicyclic) bond motifs is 1. The van der Waals surface area contributed by atoms with E-state index in [1.54, 1.807) is 28.9 Å². The summed E-state index contributed by atoms with van der Waals surface area (Å²) in [6.07, 6.45) is 2.58. The van der Waals surface area contributed by atoms with Crippen molar-refractivity contribution in [2.24, 2.45) is 0 Å². The molecule has 2 N–H and O–H groups in total. The SMILES string of the molecule is C=CC(=O)N1CCN(c2nc(=O)n(-c3c(CC)cccc3S(C)(=O)=O)c3nc(-c4c(N)cccc4F)c(F)cc23)[C@@H](C)C1. The van der Waals surface area contributed by atoms with Gasteiger partial charge in [-0.15, -0.1) is 0 Å². The number of aryl methyl sites for hydroxylation is 1. The summed E-state index contributed by atoms with van der Waals surface area (Å²) < 4.78 is 57.8. The van der Waals surface area contributed by atoms with Crippen LogP contribution < -0.4 is 16.3 Å². The van der Waals surface area contributed by atoms with Gasteiger partial charge >= 0.3 is 5.69 Å². The predicted octanol–water partition coefficient (Wildman–Crippen LogP) is 3.50. The largest absolute Gasteiger partial charge is 0.398 e. The number of anilines is 2. The van der Waals surface area contributed by atoms with Crippen molar-refractivity contribution in [1.82, 2.24) is 19.4 Å². The minimum Gasteiger partial charge on any atom is -0.398 e. The van der Waals surface area contributed by atoms with Gasteiger partial charge in [0.1, 0.15) is 17.3 Å². The molecule has 1 atom stereocenters. The number of halogens is 2. The number of nitrogens with zero attached hydrogens (tertiary/aromatic N) is 5. The van der Waals surface area contributed by atoms with E-state index < -0.39 is 32.9 Å². The lowest BCUT2D eigenvalue weighted by Crippen LogP contribution is -2.54. The highest BCUT2D eigenvalue weighted by atomic mass is 32.2. The lowest BCUT2D eigenvalue weighted by molar-refractivity contribution is -0.126. The van der Waals surface area contributed by atoms with E-state index in [0.29, 0.717) is 12.0 Å². The molecular weight excluding hydrogens is 578 g/mol. The second-order valence-electron chi connectivity index (χ2n) is 10.4. The first-order chi connectivity index (χ1) is 20.4. The number of nitrogens with two attached hydrogens (primary N) is 1. The smallest absolute Gasteiger partial charge is 0.355 e. The number of hydrogen-bond acceptors (Lipinski definition) is 8. The molecule has 0 bridgehead atoms. The van der Waals surface area contributed by atoms with Crippen molar-refractivity contribution < 1.29 is 22.0 Å². The van der Waals surface area contributed by atoms with Crippen molar-refractivity contribution in [2.75, 3.05) is 36.5 Å². The van der Waals surface area contributed by atoms with Gasteiger partial charge in [-0.1, -0.05) is 31.7 Å². The van der Waals surface area contributed by atoms with E-state index in [1.165, 1.54) is 24.3 Å². The van der Waals surface area contributed by atoms with Gasteiger partial charge in [-0.3, -0.25) is 4.79 Å². The first-order valence-electron chi connectivity index (χ1n) is 13.5. The van der Waals surface area contributed by atoms with Gasteiger partial charge in [-0.25, -0.2) is 31.5 Å². The molecule has 0 radical (unpaired) electrons. The maximum Gasteiger partial charge on any atom is 0.355 e. The van der Waals surface area contributed by atoms with Crippen LogP contribution in [0.3, 0.4) is 0 Å². The molecule has 224 valence electrons. The molecule has 1 amide bonds. The Morgan fingerprint density at radius 2 is 1.86 bits per heavy atom. The number of sulfone groups is 1. The van der Waals surface area contributed by atoms with Crippen LogP contribution in [0.4, 0.5) is 20.3 Å². The molecule has 2 aromatic heterocycles.